The Morgan fingerprint density at radius 3 is 2.24 bits per heavy atom. The van der Waals surface area contributed by atoms with Crippen LogP contribution in [0.25, 0.3) is 22.4 Å². The van der Waals surface area contributed by atoms with Crippen molar-refractivity contribution < 1.29 is 4.39 Å². The zero-order valence-corrected chi connectivity index (χ0v) is 14.1. The van der Waals surface area contributed by atoms with E-state index in [0.717, 1.165) is 42.4 Å². The number of aromatic nitrogens is 2. The Morgan fingerprint density at radius 1 is 0.880 bits per heavy atom. The predicted octanol–water partition coefficient (Wildman–Crippen LogP) is 4.80. The Hall–Kier alpha value is -2.46. The third-order valence-corrected chi connectivity index (χ3v) is 5.16. The summed E-state index contributed by atoms with van der Waals surface area (Å²) in [5, 5.41) is 0. The molecule has 128 valence electrons. The molecule has 0 saturated heterocycles. The molecule has 0 spiro atoms. The largest absolute Gasteiger partial charge is 0.344 e. The van der Waals surface area contributed by atoms with Crippen molar-refractivity contribution in [3.05, 3.63) is 66.9 Å². The van der Waals surface area contributed by atoms with Crippen LogP contribution in [0.5, 0.6) is 0 Å². The maximum absolute atomic E-state index is 13.3. The van der Waals surface area contributed by atoms with Gasteiger partial charge >= 0.3 is 0 Å². The van der Waals surface area contributed by atoms with Crippen LogP contribution in [0.15, 0.2) is 61.1 Å². The SMILES string of the molecule is N[C@H]1CC[C@@H](n2ccc(-c3ccc(F)cc3)c2-c2ccncc2)CC1. The molecular formula is C21H22FN3. The van der Waals surface area contributed by atoms with E-state index in [0.29, 0.717) is 12.1 Å². The number of rotatable bonds is 3. The van der Waals surface area contributed by atoms with E-state index >= 15 is 0 Å². The molecule has 3 nitrogen and oxygen atoms in total. The van der Waals surface area contributed by atoms with Gasteiger partial charge in [-0.05, 0) is 61.6 Å². The monoisotopic (exact) mass is 335 g/mol. The van der Waals surface area contributed by atoms with E-state index in [9.17, 15) is 4.39 Å². The molecule has 2 N–H and O–H groups in total. The Kier molecular flexibility index (Phi) is 4.36. The van der Waals surface area contributed by atoms with Crippen LogP contribution in [0.1, 0.15) is 31.7 Å². The summed E-state index contributed by atoms with van der Waals surface area (Å²) in [5.41, 5.74) is 10.5. The highest BCUT2D eigenvalue weighted by Gasteiger charge is 2.23. The lowest BCUT2D eigenvalue weighted by atomic mass is 9.91. The molecule has 4 heteroatoms. The Morgan fingerprint density at radius 2 is 1.56 bits per heavy atom. The lowest BCUT2D eigenvalue weighted by molar-refractivity contribution is 0.326. The summed E-state index contributed by atoms with van der Waals surface area (Å²) in [6.07, 6.45) is 10.1. The minimum atomic E-state index is -0.213. The highest BCUT2D eigenvalue weighted by atomic mass is 19.1. The van der Waals surface area contributed by atoms with Gasteiger partial charge in [-0.2, -0.15) is 0 Å². The van der Waals surface area contributed by atoms with Crippen molar-refractivity contribution in [1.29, 1.82) is 0 Å². The Balaban J connectivity index is 1.81. The molecule has 0 atom stereocenters. The highest BCUT2D eigenvalue weighted by molar-refractivity contribution is 5.81. The molecule has 0 unspecified atom stereocenters. The summed E-state index contributed by atoms with van der Waals surface area (Å²) in [5.74, 6) is -0.213. The molecule has 0 radical (unpaired) electrons. The van der Waals surface area contributed by atoms with Gasteiger partial charge in [-0.25, -0.2) is 4.39 Å². The number of nitrogens with two attached hydrogens (primary N) is 1. The molecule has 2 aromatic heterocycles. The van der Waals surface area contributed by atoms with E-state index < -0.39 is 0 Å². The molecule has 1 saturated carbocycles. The lowest BCUT2D eigenvalue weighted by Gasteiger charge is -2.29. The van der Waals surface area contributed by atoms with Gasteiger partial charge in [-0.15, -0.1) is 0 Å². The van der Waals surface area contributed by atoms with Gasteiger partial charge in [0.2, 0.25) is 0 Å². The van der Waals surface area contributed by atoms with Gasteiger partial charge in [0.15, 0.2) is 0 Å². The average Bonchev–Trinajstić information content (AvgIpc) is 3.09. The van der Waals surface area contributed by atoms with E-state index in [2.05, 4.69) is 21.8 Å². The first kappa shape index (κ1) is 16.0. The quantitative estimate of drug-likeness (QED) is 0.747. The fourth-order valence-corrected chi connectivity index (χ4v) is 3.81. The summed E-state index contributed by atoms with van der Waals surface area (Å²) in [6.45, 7) is 0. The van der Waals surface area contributed by atoms with Crippen LogP contribution in [-0.4, -0.2) is 15.6 Å². The van der Waals surface area contributed by atoms with Gasteiger partial charge in [0.25, 0.3) is 0 Å². The summed E-state index contributed by atoms with van der Waals surface area (Å²) in [6, 6.07) is 13.7. The number of benzene rings is 1. The van der Waals surface area contributed by atoms with Crippen LogP contribution in [0.3, 0.4) is 0 Å². The number of hydrogen-bond donors (Lipinski definition) is 1. The smallest absolute Gasteiger partial charge is 0.123 e. The first-order valence-corrected chi connectivity index (χ1v) is 8.85. The number of hydrogen-bond acceptors (Lipinski definition) is 2. The molecule has 2 heterocycles. The van der Waals surface area contributed by atoms with Crippen LogP contribution in [0.4, 0.5) is 4.39 Å². The van der Waals surface area contributed by atoms with Crippen molar-refractivity contribution in [1.82, 2.24) is 9.55 Å². The van der Waals surface area contributed by atoms with Crippen molar-refractivity contribution in [3.63, 3.8) is 0 Å². The van der Waals surface area contributed by atoms with Gasteiger partial charge in [0, 0.05) is 41.8 Å². The standard InChI is InChI=1S/C21H22FN3/c22-17-3-1-15(2-4-17)20-11-14-25(19-7-5-18(23)6-8-19)21(20)16-9-12-24-13-10-16/h1-4,9-14,18-19H,5-8,23H2/t18-,19+. The molecule has 25 heavy (non-hydrogen) atoms. The van der Waals surface area contributed by atoms with Crippen LogP contribution < -0.4 is 5.73 Å². The molecule has 3 aromatic rings. The summed E-state index contributed by atoms with van der Waals surface area (Å²) < 4.78 is 15.7. The topological polar surface area (TPSA) is 43.8 Å². The van der Waals surface area contributed by atoms with E-state index in [-0.39, 0.29) is 5.82 Å². The van der Waals surface area contributed by atoms with E-state index in [4.69, 9.17) is 5.73 Å². The number of nitrogens with zero attached hydrogens (tertiary/aromatic N) is 2. The zero-order valence-electron chi connectivity index (χ0n) is 14.1. The Bertz CT molecular complexity index is 831. The molecule has 1 fully saturated rings. The van der Waals surface area contributed by atoms with Crippen molar-refractivity contribution in [2.75, 3.05) is 0 Å². The summed E-state index contributed by atoms with van der Waals surface area (Å²) in [4.78, 5) is 4.15. The highest BCUT2D eigenvalue weighted by Crippen LogP contribution is 2.38. The predicted molar refractivity (Wildman–Crippen MR) is 98.5 cm³/mol. The van der Waals surface area contributed by atoms with Crippen LogP contribution in [-0.2, 0) is 0 Å². The van der Waals surface area contributed by atoms with Crippen LogP contribution >= 0.6 is 0 Å². The zero-order chi connectivity index (χ0) is 17.2. The van der Waals surface area contributed by atoms with Gasteiger partial charge in [-0.1, -0.05) is 12.1 Å². The molecule has 4 rings (SSSR count). The third kappa shape index (κ3) is 3.22. The first-order valence-electron chi connectivity index (χ1n) is 8.85. The van der Waals surface area contributed by atoms with Crippen LogP contribution in [0, 0.1) is 5.82 Å². The molecule has 1 aromatic carbocycles. The normalized spacial score (nSPS) is 20.6. The lowest BCUT2D eigenvalue weighted by Crippen LogP contribution is -2.27. The second kappa shape index (κ2) is 6.81. The first-order chi connectivity index (χ1) is 12.2. The Labute approximate surface area is 147 Å². The molecule has 0 aliphatic heterocycles. The number of halogens is 1. The van der Waals surface area contributed by atoms with E-state index in [1.807, 2.05) is 36.7 Å². The van der Waals surface area contributed by atoms with Gasteiger partial charge in [0.1, 0.15) is 5.82 Å². The van der Waals surface area contributed by atoms with Crippen molar-refractivity contribution >= 4 is 0 Å². The van der Waals surface area contributed by atoms with Gasteiger partial charge < -0.3 is 10.3 Å². The summed E-state index contributed by atoms with van der Waals surface area (Å²) >= 11 is 0. The maximum Gasteiger partial charge on any atom is 0.123 e. The molecule has 0 amide bonds. The molecular weight excluding hydrogens is 313 g/mol. The van der Waals surface area contributed by atoms with Gasteiger partial charge in [-0.3, -0.25) is 4.98 Å². The second-order valence-corrected chi connectivity index (χ2v) is 6.80. The fourth-order valence-electron chi connectivity index (χ4n) is 3.81. The van der Waals surface area contributed by atoms with E-state index in [1.54, 1.807) is 0 Å². The molecule has 1 aliphatic carbocycles. The minimum Gasteiger partial charge on any atom is -0.344 e. The number of pyridine rings is 1. The minimum absolute atomic E-state index is 0.213. The third-order valence-electron chi connectivity index (χ3n) is 5.16. The second-order valence-electron chi connectivity index (χ2n) is 6.80. The van der Waals surface area contributed by atoms with Crippen molar-refractivity contribution in [3.8, 4) is 22.4 Å². The maximum atomic E-state index is 13.3. The molecule has 1 aliphatic rings. The van der Waals surface area contributed by atoms with Crippen LogP contribution in [0.2, 0.25) is 0 Å². The van der Waals surface area contributed by atoms with Crippen molar-refractivity contribution in [2.24, 2.45) is 5.73 Å². The average molecular weight is 335 g/mol. The van der Waals surface area contributed by atoms with Crippen molar-refractivity contribution in [2.45, 2.75) is 37.8 Å². The molecule has 0 bridgehead atoms. The van der Waals surface area contributed by atoms with Gasteiger partial charge in [0.05, 0.1) is 5.69 Å². The van der Waals surface area contributed by atoms with E-state index in [1.165, 1.54) is 17.8 Å². The fraction of sp³-hybridized carbons (Fsp3) is 0.286. The summed E-state index contributed by atoms with van der Waals surface area (Å²) in [7, 11) is 0.